The van der Waals surface area contributed by atoms with Crippen molar-refractivity contribution in [1.29, 1.82) is 0 Å². The average Bonchev–Trinajstić information content (AvgIpc) is 2.51. The molecular weight excluding hydrogens is 194 g/mol. The summed E-state index contributed by atoms with van der Waals surface area (Å²) in [5, 5.41) is 1.90. The van der Waals surface area contributed by atoms with Gasteiger partial charge in [0, 0.05) is 20.0 Å². The minimum Gasteiger partial charge on any atom is -0.293 e. The molecule has 0 amide bonds. The minimum absolute atomic E-state index is 0.164. The van der Waals surface area contributed by atoms with Crippen LogP contribution in [0, 0.1) is 0 Å². The molecule has 0 spiro atoms. The SMILES string of the molecule is CN(Cl)CCC(=O)c1cccs1. The van der Waals surface area contributed by atoms with Gasteiger partial charge in [0.2, 0.25) is 0 Å². The van der Waals surface area contributed by atoms with Crippen molar-refractivity contribution in [3.8, 4) is 0 Å². The maximum atomic E-state index is 11.3. The van der Waals surface area contributed by atoms with Crippen molar-refractivity contribution >= 4 is 28.9 Å². The molecule has 1 aromatic rings. The van der Waals surface area contributed by atoms with Crippen LogP contribution in [0.5, 0.6) is 0 Å². The van der Waals surface area contributed by atoms with E-state index in [2.05, 4.69) is 0 Å². The van der Waals surface area contributed by atoms with Crippen LogP contribution >= 0.6 is 23.1 Å². The summed E-state index contributed by atoms with van der Waals surface area (Å²) in [7, 11) is 1.74. The predicted molar refractivity (Wildman–Crippen MR) is 51.7 cm³/mol. The third-order valence-electron chi connectivity index (χ3n) is 1.44. The number of halogens is 1. The van der Waals surface area contributed by atoms with E-state index in [0.717, 1.165) is 4.88 Å². The second-order valence-electron chi connectivity index (χ2n) is 2.48. The van der Waals surface area contributed by atoms with Crippen molar-refractivity contribution in [3.63, 3.8) is 0 Å². The van der Waals surface area contributed by atoms with Crippen molar-refractivity contribution in [2.75, 3.05) is 13.6 Å². The lowest BCUT2D eigenvalue weighted by Crippen LogP contribution is -2.11. The standard InChI is InChI=1S/C8H10ClNOS/c1-10(9)5-4-7(11)8-3-2-6-12-8/h2-3,6H,4-5H2,1H3. The van der Waals surface area contributed by atoms with Crippen LogP contribution in [0.4, 0.5) is 0 Å². The van der Waals surface area contributed by atoms with Gasteiger partial charge in [-0.15, -0.1) is 11.3 Å². The highest BCUT2D eigenvalue weighted by atomic mass is 35.5. The highest BCUT2D eigenvalue weighted by Gasteiger charge is 2.06. The smallest absolute Gasteiger partial charge is 0.174 e. The Balaban J connectivity index is 2.40. The molecule has 0 aliphatic carbocycles. The molecule has 0 atom stereocenters. The Morgan fingerprint density at radius 3 is 3.00 bits per heavy atom. The van der Waals surface area contributed by atoms with Gasteiger partial charge in [0.05, 0.1) is 4.88 Å². The van der Waals surface area contributed by atoms with Gasteiger partial charge in [-0.25, -0.2) is 4.42 Å². The second kappa shape index (κ2) is 4.60. The number of thiophene rings is 1. The molecular formula is C8H10ClNOS. The molecule has 4 heteroatoms. The number of carbonyl (C=O) groups is 1. The molecule has 0 saturated carbocycles. The Morgan fingerprint density at radius 2 is 2.50 bits per heavy atom. The number of Topliss-reactive ketones (excluding diaryl/α,β-unsaturated/α-hetero) is 1. The Hall–Kier alpha value is -0.380. The van der Waals surface area contributed by atoms with E-state index in [4.69, 9.17) is 11.8 Å². The monoisotopic (exact) mass is 203 g/mol. The van der Waals surface area contributed by atoms with Crippen molar-refractivity contribution in [2.24, 2.45) is 0 Å². The van der Waals surface area contributed by atoms with Crippen molar-refractivity contribution in [2.45, 2.75) is 6.42 Å². The number of ketones is 1. The number of rotatable bonds is 4. The number of carbonyl (C=O) groups excluding carboxylic acids is 1. The second-order valence-corrected chi connectivity index (χ2v) is 4.00. The molecule has 0 aliphatic heterocycles. The quantitative estimate of drug-likeness (QED) is 0.553. The summed E-state index contributed by atoms with van der Waals surface area (Å²) in [6.07, 6.45) is 0.487. The zero-order chi connectivity index (χ0) is 8.97. The van der Waals surface area contributed by atoms with Crippen LogP contribution in [-0.4, -0.2) is 23.8 Å². The Morgan fingerprint density at radius 1 is 1.75 bits per heavy atom. The van der Waals surface area contributed by atoms with Gasteiger partial charge in [0.1, 0.15) is 0 Å². The average molecular weight is 204 g/mol. The normalized spacial score (nSPS) is 10.6. The third kappa shape index (κ3) is 2.93. The first-order chi connectivity index (χ1) is 5.70. The van der Waals surface area contributed by atoms with Gasteiger partial charge in [0.25, 0.3) is 0 Å². The minimum atomic E-state index is 0.164. The Bertz CT molecular complexity index is 246. The van der Waals surface area contributed by atoms with Crippen LogP contribution in [0.3, 0.4) is 0 Å². The van der Waals surface area contributed by atoms with Crippen LogP contribution < -0.4 is 0 Å². The van der Waals surface area contributed by atoms with Gasteiger partial charge in [-0.2, -0.15) is 0 Å². The van der Waals surface area contributed by atoms with Gasteiger partial charge >= 0.3 is 0 Å². The zero-order valence-corrected chi connectivity index (χ0v) is 8.36. The molecule has 0 aliphatic rings. The zero-order valence-electron chi connectivity index (χ0n) is 6.79. The van der Waals surface area contributed by atoms with Crippen LogP contribution in [0.1, 0.15) is 16.1 Å². The maximum Gasteiger partial charge on any atom is 0.174 e. The van der Waals surface area contributed by atoms with Gasteiger partial charge < -0.3 is 0 Å². The van der Waals surface area contributed by atoms with E-state index in [1.165, 1.54) is 15.8 Å². The molecule has 66 valence electrons. The lowest BCUT2D eigenvalue weighted by molar-refractivity contribution is 0.0981. The van der Waals surface area contributed by atoms with Gasteiger partial charge in [-0.1, -0.05) is 6.07 Å². The summed E-state index contributed by atoms with van der Waals surface area (Å²) >= 11 is 7.04. The van der Waals surface area contributed by atoms with E-state index in [1.54, 1.807) is 7.05 Å². The van der Waals surface area contributed by atoms with Crippen molar-refractivity contribution in [1.82, 2.24) is 4.42 Å². The third-order valence-corrected chi connectivity index (χ3v) is 2.52. The van der Waals surface area contributed by atoms with Gasteiger partial charge in [-0.3, -0.25) is 4.79 Å². The number of nitrogens with zero attached hydrogens (tertiary/aromatic N) is 1. The van der Waals surface area contributed by atoms with E-state index in [9.17, 15) is 4.79 Å². The number of hydrogen-bond donors (Lipinski definition) is 0. The first kappa shape index (κ1) is 9.71. The summed E-state index contributed by atoms with van der Waals surface area (Å²) in [6, 6.07) is 3.71. The van der Waals surface area contributed by atoms with Crippen LogP contribution in [0.2, 0.25) is 0 Å². The maximum absolute atomic E-state index is 11.3. The fourth-order valence-corrected chi connectivity index (χ4v) is 1.59. The summed E-state index contributed by atoms with van der Waals surface area (Å²) < 4.78 is 1.49. The number of hydrogen-bond acceptors (Lipinski definition) is 3. The van der Waals surface area contributed by atoms with Crippen LogP contribution in [0.15, 0.2) is 17.5 Å². The first-order valence-corrected chi connectivity index (χ1v) is 4.85. The molecule has 0 radical (unpaired) electrons. The van der Waals surface area contributed by atoms with Crippen LogP contribution in [0.25, 0.3) is 0 Å². The Kier molecular flexibility index (Phi) is 3.72. The summed E-state index contributed by atoms with van der Waals surface area (Å²) in [6.45, 7) is 0.596. The molecule has 2 nitrogen and oxygen atoms in total. The van der Waals surface area contributed by atoms with Crippen LogP contribution in [-0.2, 0) is 0 Å². The van der Waals surface area contributed by atoms with E-state index < -0.39 is 0 Å². The fourth-order valence-electron chi connectivity index (χ4n) is 0.816. The van der Waals surface area contributed by atoms with E-state index in [0.29, 0.717) is 13.0 Å². The summed E-state index contributed by atoms with van der Waals surface area (Å²) in [5.41, 5.74) is 0. The van der Waals surface area contributed by atoms with E-state index in [-0.39, 0.29) is 5.78 Å². The van der Waals surface area contributed by atoms with Crippen molar-refractivity contribution in [3.05, 3.63) is 22.4 Å². The highest BCUT2D eigenvalue weighted by molar-refractivity contribution is 7.12. The van der Waals surface area contributed by atoms with E-state index >= 15 is 0 Å². The summed E-state index contributed by atoms with van der Waals surface area (Å²) in [5.74, 6) is 0.164. The summed E-state index contributed by atoms with van der Waals surface area (Å²) in [4.78, 5) is 12.1. The lowest BCUT2D eigenvalue weighted by Gasteiger charge is -2.03. The molecule has 0 fully saturated rings. The fraction of sp³-hybridized carbons (Fsp3) is 0.375. The van der Waals surface area contributed by atoms with Gasteiger partial charge in [0.15, 0.2) is 5.78 Å². The Labute approximate surface area is 80.9 Å². The van der Waals surface area contributed by atoms with Crippen molar-refractivity contribution < 1.29 is 4.79 Å². The molecule has 0 aromatic carbocycles. The molecule has 12 heavy (non-hydrogen) atoms. The molecule has 0 saturated heterocycles. The molecule has 1 heterocycles. The van der Waals surface area contributed by atoms with Gasteiger partial charge in [-0.05, 0) is 23.2 Å². The van der Waals surface area contributed by atoms with E-state index in [1.807, 2.05) is 17.5 Å². The molecule has 1 rings (SSSR count). The predicted octanol–water partition coefficient (Wildman–Crippen LogP) is 2.41. The molecule has 1 aromatic heterocycles. The molecule has 0 N–H and O–H groups in total. The lowest BCUT2D eigenvalue weighted by atomic mass is 10.2. The topological polar surface area (TPSA) is 20.3 Å². The molecule has 0 bridgehead atoms. The highest BCUT2D eigenvalue weighted by Crippen LogP contribution is 2.11. The molecule has 0 unspecified atom stereocenters. The first-order valence-electron chi connectivity index (χ1n) is 3.64. The largest absolute Gasteiger partial charge is 0.293 e.